The zero-order valence-corrected chi connectivity index (χ0v) is 12.2. The van der Waals surface area contributed by atoms with Crippen molar-refractivity contribution < 1.29 is 4.79 Å². The number of carbonyl (C=O) groups is 1. The molecule has 0 saturated heterocycles. The molecule has 0 bridgehead atoms. The Labute approximate surface area is 118 Å². The van der Waals surface area contributed by atoms with E-state index < -0.39 is 0 Å². The maximum Gasteiger partial charge on any atom is 0.277 e. The summed E-state index contributed by atoms with van der Waals surface area (Å²) in [5.41, 5.74) is 2.01. The van der Waals surface area contributed by atoms with Crippen molar-refractivity contribution in [3.8, 4) is 0 Å². The van der Waals surface area contributed by atoms with Crippen LogP contribution in [-0.4, -0.2) is 15.7 Å². The Bertz CT molecular complexity index is 609. The number of hydrogen-bond acceptors (Lipinski definition) is 2. The zero-order valence-electron chi connectivity index (χ0n) is 9.87. The van der Waals surface area contributed by atoms with Crippen LogP contribution in [0.2, 0.25) is 5.02 Å². The predicted octanol–water partition coefficient (Wildman–Crippen LogP) is 3.40. The Kier molecular flexibility index (Phi) is 3.73. The summed E-state index contributed by atoms with van der Waals surface area (Å²) in [6, 6.07) is 5.67. The lowest BCUT2D eigenvalue weighted by atomic mass is 10.2. The molecule has 4 nitrogen and oxygen atoms in total. The first-order valence-corrected chi connectivity index (χ1v) is 6.41. The molecule has 0 radical (unpaired) electrons. The second-order valence-electron chi connectivity index (χ2n) is 3.94. The fourth-order valence-electron chi connectivity index (χ4n) is 1.52. The van der Waals surface area contributed by atoms with Gasteiger partial charge in [-0.3, -0.25) is 9.48 Å². The van der Waals surface area contributed by atoms with E-state index in [1.54, 1.807) is 13.2 Å². The molecule has 0 aliphatic rings. The van der Waals surface area contributed by atoms with Gasteiger partial charge in [-0.25, -0.2) is 0 Å². The molecule has 18 heavy (non-hydrogen) atoms. The summed E-state index contributed by atoms with van der Waals surface area (Å²) in [6.45, 7) is 1.98. The van der Waals surface area contributed by atoms with Crippen LogP contribution in [0.4, 0.5) is 5.69 Å². The molecule has 0 saturated carbocycles. The quantitative estimate of drug-likeness (QED) is 0.918. The smallest absolute Gasteiger partial charge is 0.277 e. The molecule has 2 aromatic rings. The molecular weight excluding hydrogens is 318 g/mol. The Balaban J connectivity index is 2.24. The standard InChI is InChI=1S/C12H11BrClN3O/c1-7-3-4-10(8(13)5-7)15-12(18)11-9(14)6-17(2)16-11/h3-6H,1-2H3,(H,15,18). The molecule has 0 atom stereocenters. The number of aromatic nitrogens is 2. The average molecular weight is 329 g/mol. The van der Waals surface area contributed by atoms with Gasteiger partial charge in [0.25, 0.3) is 5.91 Å². The van der Waals surface area contributed by atoms with Crippen molar-refractivity contribution in [3.63, 3.8) is 0 Å². The normalized spacial score (nSPS) is 10.4. The summed E-state index contributed by atoms with van der Waals surface area (Å²) in [5, 5.41) is 7.10. The highest BCUT2D eigenvalue weighted by Gasteiger charge is 2.15. The van der Waals surface area contributed by atoms with Gasteiger partial charge in [0.05, 0.1) is 10.7 Å². The van der Waals surface area contributed by atoms with Gasteiger partial charge in [0, 0.05) is 17.7 Å². The SMILES string of the molecule is Cc1ccc(NC(=O)c2nn(C)cc2Cl)c(Br)c1. The van der Waals surface area contributed by atoms with Crippen molar-refractivity contribution in [3.05, 3.63) is 45.1 Å². The third-order valence-corrected chi connectivity index (χ3v) is 3.30. The molecule has 0 unspecified atom stereocenters. The molecule has 1 aromatic carbocycles. The molecular formula is C12H11BrClN3O. The second-order valence-corrected chi connectivity index (χ2v) is 5.20. The summed E-state index contributed by atoms with van der Waals surface area (Å²) in [7, 11) is 1.71. The third kappa shape index (κ3) is 2.73. The first kappa shape index (κ1) is 13.1. The largest absolute Gasteiger partial charge is 0.319 e. The number of carbonyl (C=O) groups excluding carboxylic acids is 1. The van der Waals surface area contributed by atoms with E-state index in [1.165, 1.54) is 4.68 Å². The molecule has 0 fully saturated rings. The van der Waals surface area contributed by atoms with Crippen LogP contribution in [0.1, 0.15) is 16.1 Å². The Hall–Kier alpha value is -1.33. The van der Waals surface area contributed by atoms with E-state index in [0.29, 0.717) is 10.7 Å². The number of amides is 1. The van der Waals surface area contributed by atoms with Crippen LogP contribution < -0.4 is 5.32 Å². The molecule has 1 aromatic heterocycles. The lowest BCUT2D eigenvalue weighted by Crippen LogP contribution is -2.14. The highest BCUT2D eigenvalue weighted by Crippen LogP contribution is 2.24. The van der Waals surface area contributed by atoms with E-state index in [0.717, 1.165) is 10.0 Å². The van der Waals surface area contributed by atoms with Gasteiger partial charge in [0.2, 0.25) is 0 Å². The first-order valence-electron chi connectivity index (χ1n) is 5.24. The van der Waals surface area contributed by atoms with Crippen LogP contribution in [0.3, 0.4) is 0 Å². The molecule has 94 valence electrons. The number of hydrogen-bond donors (Lipinski definition) is 1. The van der Waals surface area contributed by atoms with E-state index in [1.807, 2.05) is 25.1 Å². The Morgan fingerprint density at radius 2 is 2.22 bits per heavy atom. The molecule has 0 aliphatic carbocycles. The Morgan fingerprint density at radius 3 is 2.78 bits per heavy atom. The number of halogens is 2. The molecule has 6 heteroatoms. The number of anilines is 1. The van der Waals surface area contributed by atoms with Crippen molar-refractivity contribution >= 4 is 39.1 Å². The summed E-state index contributed by atoms with van der Waals surface area (Å²) in [5.74, 6) is -0.329. The van der Waals surface area contributed by atoms with Crippen LogP contribution in [0.5, 0.6) is 0 Å². The van der Waals surface area contributed by atoms with Crippen LogP contribution in [0.25, 0.3) is 0 Å². The highest BCUT2D eigenvalue weighted by atomic mass is 79.9. The Morgan fingerprint density at radius 1 is 1.50 bits per heavy atom. The van der Waals surface area contributed by atoms with Crippen LogP contribution in [-0.2, 0) is 7.05 Å². The topological polar surface area (TPSA) is 46.9 Å². The van der Waals surface area contributed by atoms with Crippen molar-refractivity contribution in [2.24, 2.45) is 7.05 Å². The van der Waals surface area contributed by atoms with Crippen molar-refractivity contribution in [2.45, 2.75) is 6.92 Å². The van der Waals surface area contributed by atoms with Crippen LogP contribution in [0, 0.1) is 6.92 Å². The van der Waals surface area contributed by atoms with E-state index >= 15 is 0 Å². The minimum absolute atomic E-state index is 0.214. The number of benzene rings is 1. The molecule has 1 amide bonds. The van der Waals surface area contributed by atoms with Crippen molar-refractivity contribution in [1.82, 2.24) is 9.78 Å². The maximum absolute atomic E-state index is 12.0. The average Bonchev–Trinajstić information content (AvgIpc) is 2.62. The predicted molar refractivity (Wildman–Crippen MR) is 75.1 cm³/mol. The van der Waals surface area contributed by atoms with Gasteiger partial charge in [0.15, 0.2) is 5.69 Å². The molecule has 0 spiro atoms. The van der Waals surface area contributed by atoms with Gasteiger partial charge in [-0.05, 0) is 40.5 Å². The van der Waals surface area contributed by atoms with E-state index in [-0.39, 0.29) is 11.6 Å². The van der Waals surface area contributed by atoms with Crippen molar-refractivity contribution in [2.75, 3.05) is 5.32 Å². The molecule has 2 rings (SSSR count). The number of aryl methyl sites for hydroxylation is 2. The lowest BCUT2D eigenvalue weighted by Gasteiger charge is -2.06. The molecule has 1 heterocycles. The second kappa shape index (κ2) is 5.12. The van der Waals surface area contributed by atoms with Crippen LogP contribution in [0.15, 0.2) is 28.9 Å². The van der Waals surface area contributed by atoms with E-state index in [9.17, 15) is 4.79 Å². The molecule has 0 aliphatic heterocycles. The number of nitrogens with one attached hydrogen (secondary N) is 1. The lowest BCUT2D eigenvalue weighted by molar-refractivity contribution is 0.102. The monoisotopic (exact) mass is 327 g/mol. The number of nitrogens with zero attached hydrogens (tertiary/aromatic N) is 2. The van der Waals surface area contributed by atoms with E-state index in [2.05, 4.69) is 26.3 Å². The summed E-state index contributed by atoms with van der Waals surface area (Å²) in [6.07, 6.45) is 1.58. The fourth-order valence-corrected chi connectivity index (χ4v) is 2.37. The highest BCUT2D eigenvalue weighted by molar-refractivity contribution is 9.10. The van der Waals surface area contributed by atoms with Gasteiger partial charge in [-0.15, -0.1) is 0 Å². The van der Waals surface area contributed by atoms with Gasteiger partial charge < -0.3 is 5.32 Å². The van der Waals surface area contributed by atoms with Crippen LogP contribution >= 0.6 is 27.5 Å². The summed E-state index contributed by atoms with van der Waals surface area (Å²) < 4.78 is 2.32. The van der Waals surface area contributed by atoms with Gasteiger partial charge >= 0.3 is 0 Å². The minimum atomic E-state index is -0.329. The number of rotatable bonds is 2. The van der Waals surface area contributed by atoms with Gasteiger partial charge in [-0.2, -0.15) is 5.10 Å². The minimum Gasteiger partial charge on any atom is -0.319 e. The van der Waals surface area contributed by atoms with Gasteiger partial charge in [0.1, 0.15) is 0 Å². The molecule has 1 N–H and O–H groups in total. The summed E-state index contributed by atoms with van der Waals surface area (Å²) >= 11 is 9.31. The first-order chi connectivity index (χ1) is 8.47. The van der Waals surface area contributed by atoms with Gasteiger partial charge in [-0.1, -0.05) is 17.7 Å². The van der Waals surface area contributed by atoms with Crippen molar-refractivity contribution in [1.29, 1.82) is 0 Å². The summed E-state index contributed by atoms with van der Waals surface area (Å²) in [4.78, 5) is 12.0. The fraction of sp³-hybridized carbons (Fsp3) is 0.167. The maximum atomic E-state index is 12.0. The third-order valence-electron chi connectivity index (χ3n) is 2.37. The van der Waals surface area contributed by atoms with E-state index in [4.69, 9.17) is 11.6 Å². The zero-order chi connectivity index (χ0) is 13.3.